The van der Waals surface area contributed by atoms with Gasteiger partial charge in [0.25, 0.3) is 7.82 Å². The van der Waals surface area contributed by atoms with E-state index in [1.54, 1.807) is 7.05 Å². The van der Waals surface area contributed by atoms with Crippen LogP contribution in [0, 0.1) is 0 Å². The molecule has 0 aliphatic heterocycles. The fourth-order valence-electron chi connectivity index (χ4n) is 3.50. The first-order valence-corrected chi connectivity index (χ1v) is 14.9. The highest BCUT2D eigenvalue weighted by atomic mass is 31.2. The number of rotatable bonds is 23. The molecule has 0 heterocycles. The number of carbonyl (C=O) groups is 1. The van der Waals surface area contributed by atoms with Crippen LogP contribution in [0.4, 0.5) is 4.79 Å². The third-order valence-electron chi connectivity index (χ3n) is 5.84. The highest BCUT2D eigenvalue weighted by Gasteiger charge is 2.14. The fraction of sp³-hybridized carbons (Fsp3) is 0.960. The molecule has 1 unspecified atom stereocenters. The second-order valence-corrected chi connectivity index (χ2v) is 11.8. The second-order valence-electron chi connectivity index (χ2n) is 10.4. The Morgan fingerprint density at radius 3 is 1.74 bits per heavy atom. The Labute approximate surface area is 210 Å². The van der Waals surface area contributed by atoms with Gasteiger partial charge in [0.1, 0.15) is 13.2 Å². The van der Waals surface area contributed by atoms with Crippen molar-refractivity contribution < 1.29 is 27.8 Å². The summed E-state index contributed by atoms with van der Waals surface area (Å²) in [6, 6.07) is -0.218. The van der Waals surface area contributed by atoms with Gasteiger partial charge in [-0.05, 0) is 6.42 Å². The molecule has 0 aromatic carbocycles. The minimum Gasteiger partial charge on any atom is -0.756 e. The van der Waals surface area contributed by atoms with Crippen LogP contribution in [-0.2, 0) is 13.6 Å². The molecule has 0 aromatic rings. The maximum atomic E-state index is 12.1. The van der Waals surface area contributed by atoms with Gasteiger partial charge in [-0.25, -0.2) is 4.79 Å². The lowest BCUT2D eigenvalue weighted by Crippen LogP contribution is -2.39. The van der Waals surface area contributed by atoms with Crippen molar-refractivity contribution >= 4 is 13.9 Å². The summed E-state index contributed by atoms with van der Waals surface area (Å²) >= 11 is 0. The lowest BCUT2D eigenvalue weighted by Gasteiger charge is -2.27. The van der Waals surface area contributed by atoms with Crippen molar-refractivity contribution in [1.29, 1.82) is 0 Å². The van der Waals surface area contributed by atoms with Gasteiger partial charge in [-0.15, -0.1) is 0 Å². The Morgan fingerprint density at radius 1 is 0.824 bits per heavy atom. The Morgan fingerprint density at radius 2 is 1.26 bits per heavy atom. The molecule has 0 bridgehead atoms. The van der Waals surface area contributed by atoms with Crippen molar-refractivity contribution in [3.8, 4) is 0 Å². The van der Waals surface area contributed by atoms with E-state index in [1.807, 2.05) is 21.1 Å². The van der Waals surface area contributed by atoms with Crippen LogP contribution in [0.25, 0.3) is 0 Å². The van der Waals surface area contributed by atoms with Gasteiger partial charge < -0.3 is 28.6 Å². The largest absolute Gasteiger partial charge is 0.756 e. The molecule has 1 N–H and O–H groups in total. The van der Waals surface area contributed by atoms with Gasteiger partial charge in [-0.1, -0.05) is 90.4 Å². The molecule has 1 atom stereocenters. The van der Waals surface area contributed by atoms with E-state index in [1.165, 1.54) is 81.9 Å². The van der Waals surface area contributed by atoms with Gasteiger partial charge in [0.15, 0.2) is 0 Å². The molecule has 0 spiro atoms. The van der Waals surface area contributed by atoms with E-state index >= 15 is 0 Å². The van der Waals surface area contributed by atoms with Crippen LogP contribution in [0.1, 0.15) is 96.8 Å². The van der Waals surface area contributed by atoms with Crippen LogP contribution in [0.15, 0.2) is 0 Å². The summed E-state index contributed by atoms with van der Waals surface area (Å²) in [5, 5.41) is 2.88. The molecule has 0 aromatic heterocycles. The Hall–Kier alpha value is -0.660. The average Bonchev–Trinajstić information content (AvgIpc) is 2.75. The number of phosphoric acid groups is 1. The number of amides is 2. The summed E-state index contributed by atoms with van der Waals surface area (Å²) in [6.07, 6.45) is 18.3. The standard InChI is InChI=1S/C25H54N3O5P/c1-6-7-8-9-10-11-12-13-14-15-16-17-18-19-20-26-25(29)27(2)21-23-32-34(30,31)33-24-22-28(3,4)5/h6-24H2,1-5H3,(H-,26,29,30,31). The van der Waals surface area contributed by atoms with Crippen LogP contribution in [0.2, 0.25) is 0 Å². The zero-order chi connectivity index (χ0) is 25.7. The van der Waals surface area contributed by atoms with Crippen molar-refractivity contribution in [3.05, 3.63) is 0 Å². The molecule has 0 fully saturated rings. The molecule has 0 radical (unpaired) electrons. The van der Waals surface area contributed by atoms with Gasteiger partial charge in [0.2, 0.25) is 0 Å². The molecule has 0 aliphatic carbocycles. The maximum Gasteiger partial charge on any atom is 0.317 e. The second kappa shape index (κ2) is 20.5. The molecule has 0 aliphatic rings. The quantitative estimate of drug-likeness (QED) is 0.115. The van der Waals surface area contributed by atoms with Crippen LogP contribution in [-0.4, -0.2) is 76.5 Å². The number of hydrogen-bond acceptors (Lipinski definition) is 5. The molecular formula is C25H54N3O5P. The van der Waals surface area contributed by atoms with Gasteiger partial charge in [0, 0.05) is 20.1 Å². The molecule has 0 rings (SSSR count). The Bertz CT molecular complexity index is 543. The topological polar surface area (TPSA) is 90.9 Å². The molecular weight excluding hydrogens is 453 g/mol. The lowest BCUT2D eigenvalue weighted by molar-refractivity contribution is -0.870. The lowest BCUT2D eigenvalue weighted by atomic mass is 10.0. The van der Waals surface area contributed by atoms with Crippen LogP contribution in [0.5, 0.6) is 0 Å². The minimum absolute atomic E-state index is 0.0692. The van der Waals surface area contributed by atoms with Crippen LogP contribution in [0.3, 0.4) is 0 Å². The normalized spacial score (nSPS) is 13.6. The smallest absolute Gasteiger partial charge is 0.317 e. The van der Waals surface area contributed by atoms with Gasteiger partial charge in [-0.3, -0.25) is 4.57 Å². The van der Waals surface area contributed by atoms with Crippen molar-refractivity contribution in [2.45, 2.75) is 96.8 Å². The summed E-state index contributed by atoms with van der Waals surface area (Å²) in [5.41, 5.74) is 0. The molecule has 9 heteroatoms. The van der Waals surface area contributed by atoms with Gasteiger partial charge >= 0.3 is 6.03 Å². The predicted molar refractivity (Wildman–Crippen MR) is 139 cm³/mol. The van der Waals surface area contributed by atoms with E-state index in [0.29, 0.717) is 17.6 Å². The molecule has 8 nitrogen and oxygen atoms in total. The van der Waals surface area contributed by atoms with E-state index in [2.05, 4.69) is 12.2 Å². The van der Waals surface area contributed by atoms with Crippen molar-refractivity contribution in [2.24, 2.45) is 0 Å². The molecule has 2 amide bonds. The maximum absolute atomic E-state index is 12.1. The first-order chi connectivity index (χ1) is 16.1. The molecule has 204 valence electrons. The number of quaternary nitrogens is 1. The van der Waals surface area contributed by atoms with E-state index in [0.717, 1.165) is 12.8 Å². The monoisotopic (exact) mass is 507 g/mol. The summed E-state index contributed by atoms with van der Waals surface area (Å²) in [4.78, 5) is 25.3. The highest BCUT2D eigenvalue weighted by molar-refractivity contribution is 7.45. The van der Waals surface area contributed by atoms with Crippen LogP contribution < -0.4 is 10.2 Å². The zero-order valence-electron chi connectivity index (χ0n) is 22.8. The number of nitrogens with zero attached hydrogens (tertiary/aromatic N) is 2. The third kappa shape index (κ3) is 23.1. The van der Waals surface area contributed by atoms with E-state index < -0.39 is 7.82 Å². The van der Waals surface area contributed by atoms with Crippen molar-refractivity contribution in [3.63, 3.8) is 0 Å². The van der Waals surface area contributed by atoms with Gasteiger partial charge in [0.05, 0.1) is 27.7 Å². The molecule has 0 saturated heterocycles. The van der Waals surface area contributed by atoms with E-state index in [-0.39, 0.29) is 25.8 Å². The van der Waals surface area contributed by atoms with Crippen molar-refractivity contribution in [1.82, 2.24) is 10.2 Å². The van der Waals surface area contributed by atoms with Crippen molar-refractivity contribution in [2.75, 3.05) is 61.0 Å². The number of likely N-dealkylation sites (N-methyl/N-ethyl adjacent to an activating group) is 2. The first kappa shape index (κ1) is 33.3. The average molecular weight is 508 g/mol. The highest BCUT2D eigenvalue weighted by Crippen LogP contribution is 2.37. The van der Waals surface area contributed by atoms with Crippen LogP contribution >= 0.6 is 7.82 Å². The number of carbonyl (C=O) groups excluding carboxylic acids is 1. The summed E-state index contributed by atoms with van der Waals surface area (Å²) in [5.74, 6) is 0. The SMILES string of the molecule is CCCCCCCCCCCCCCCCNC(=O)N(C)CCOP(=O)([O-])OCC[N+](C)(C)C. The minimum atomic E-state index is -4.34. The third-order valence-corrected chi connectivity index (χ3v) is 6.84. The number of hydrogen-bond donors (Lipinski definition) is 1. The summed E-state index contributed by atoms with van der Waals surface area (Å²) in [6.45, 7) is 3.58. The predicted octanol–water partition coefficient (Wildman–Crippen LogP) is 5.32. The zero-order valence-corrected chi connectivity index (χ0v) is 23.7. The summed E-state index contributed by atoms with van der Waals surface area (Å²) in [7, 11) is 3.14. The first-order valence-electron chi connectivity index (χ1n) is 13.5. The van der Waals surface area contributed by atoms with Gasteiger partial charge in [-0.2, -0.15) is 0 Å². The fourth-order valence-corrected chi connectivity index (χ4v) is 4.19. The Kier molecular flexibility index (Phi) is 20.1. The number of phosphoric ester groups is 1. The number of urea groups is 1. The Balaban J connectivity index is 3.56. The molecule has 0 saturated carbocycles. The summed E-state index contributed by atoms with van der Waals surface area (Å²) < 4.78 is 22.0. The van der Waals surface area contributed by atoms with E-state index in [4.69, 9.17) is 9.05 Å². The van der Waals surface area contributed by atoms with E-state index in [9.17, 15) is 14.3 Å². The number of unbranched alkanes of at least 4 members (excludes halogenated alkanes) is 13. The molecule has 34 heavy (non-hydrogen) atoms. The number of nitrogens with one attached hydrogen (secondary N) is 1.